The fourth-order valence-corrected chi connectivity index (χ4v) is 0.636. The van der Waals surface area contributed by atoms with Crippen molar-refractivity contribution in [3.05, 3.63) is 40.9 Å². The Balaban J connectivity index is 0. The number of phenolic OH excluding ortho intramolecular Hbond substituents is 2. The summed E-state index contributed by atoms with van der Waals surface area (Å²) in [6.07, 6.45) is 0. The van der Waals surface area contributed by atoms with E-state index < -0.39 is 33.2 Å². The van der Waals surface area contributed by atoms with Crippen molar-refractivity contribution >= 4 is 103 Å². The molecular weight excluding hydrogens is 246 g/mol. The van der Waals surface area contributed by atoms with Crippen LogP contribution in [0.25, 0.3) is 0 Å². The average Bonchev–Trinajstić information content (AvgIpc) is 2.08. The first-order chi connectivity index (χ1) is 5.46. The summed E-state index contributed by atoms with van der Waals surface area (Å²) in [6.45, 7) is 0. The van der Waals surface area contributed by atoms with Gasteiger partial charge in [-0.25, -0.2) is 0 Å². The van der Waals surface area contributed by atoms with Crippen LogP contribution in [0.1, 0.15) is 0 Å². The van der Waals surface area contributed by atoms with Gasteiger partial charge in [0.2, 0.25) is 11.5 Å². The summed E-state index contributed by atoms with van der Waals surface area (Å²) in [5, 5.41) is 17.2. The van der Waals surface area contributed by atoms with Crippen LogP contribution in [0.15, 0.2) is 19.2 Å². The van der Waals surface area contributed by atoms with Crippen molar-refractivity contribution < 1.29 is 10.2 Å². The van der Waals surface area contributed by atoms with Crippen LogP contribution in [0.2, 0.25) is 0 Å². The Morgan fingerprint density at radius 2 is 0.786 bits per heavy atom. The Hall–Kier alpha value is 1.29. The first kappa shape index (κ1) is 17.7. The zero-order valence-electron chi connectivity index (χ0n) is 5.53. The molecule has 0 saturated carbocycles. The molecule has 1 rings (SSSR count). The third-order valence-electron chi connectivity index (χ3n) is 1.27. The number of rotatable bonds is 0. The van der Waals surface area contributed by atoms with Gasteiger partial charge in [-0.15, -0.1) is 0 Å². The Morgan fingerprint density at radius 3 is 1.00 bits per heavy atom. The van der Waals surface area contributed by atoms with Gasteiger partial charge in [-0.1, -0.05) is 0 Å². The zero-order valence-corrected chi connectivity index (χ0v) is 5.53. The minimum atomic E-state index is -1.63. The molecule has 0 heterocycles. The van der Waals surface area contributed by atoms with E-state index in [2.05, 4.69) is 0 Å². The van der Waals surface area contributed by atoms with Crippen molar-refractivity contribution in [2.24, 2.45) is 0 Å². The second-order valence-electron chi connectivity index (χ2n) is 2.01. The normalized spacial score (nSPS) is 8.57. The van der Waals surface area contributed by atoms with Gasteiger partial charge in [-0.2, -0.15) is 0 Å². The second-order valence-corrected chi connectivity index (χ2v) is 2.01. The maximum absolute atomic E-state index is 10.5. The Labute approximate surface area is 162 Å². The Morgan fingerprint density at radius 1 is 0.571 bits per heavy atom. The summed E-state index contributed by atoms with van der Waals surface area (Å²) >= 11 is 0. The topological polar surface area (TPSA) is 109 Å². The van der Waals surface area contributed by atoms with Gasteiger partial charge in [0, 0.05) is 0 Å². The van der Waals surface area contributed by atoms with E-state index in [9.17, 15) is 19.2 Å². The summed E-state index contributed by atoms with van der Waals surface area (Å²) < 4.78 is 0. The first-order valence-electron chi connectivity index (χ1n) is 2.76. The van der Waals surface area contributed by atoms with Gasteiger partial charge >= 0.3 is 103 Å². The predicted octanol–water partition coefficient (Wildman–Crippen LogP) is -3.88. The fourth-order valence-electron chi connectivity index (χ4n) is 0.636. The van der Waals surface area contributed by atoms with E-state index in [1.165, 1.54) is 0 Å². The van der Waals surface area contributed by atoms with Gasteiger partial charge in [0.25, 0.3) is 21.7 Å². The van der Waals surface area contributed by atoms with Crippen LogP contribution in [-0.4, -0.2) is 113 Å². The number of hydrogen-bond acceptors (Lipinski definition) is 6. The number of hydrogen-bond donors (Lipinski definition) is 2. The van der Waals surface area contributed by atoms with Crippen molar-refractivity contribution in [3.63, 3.8) is 0 Å². The first-order valence-corrected chi connectivity index (χ1v) is 2.76. The molecule has 0 atom stereocenters. The SMILES string of the molecule is O=c1c(O)c(O)c(=O)c(=O)c1=O.[KH].[KH]. The van der Waals surface area contributed by atoms with Crippen LogP contribution in [0, 0.1) is 0 Å². The van der Waals surface area contributed by atoms with E-state index in [1.54, 1.807) is 0 Å². The molecule has 0 unspecified atom stereocenters. The molecule has 66 valence electrons. The minimum absolute atomic E-state index is 0. The summed E-state index contributed by atoms with van der Waals surface area (Å²) in [5.74, 6) is -2.74. The quantitative estimate of drug-likeness (QED) is 0.277. The zero-order chi connectivity index (χ0) is 9.46. The van der Waals surface area contributed by atoms with Gasteiger partial charge in [0.1, 0.15) is 0 Å². The van der Waals surface area contributed by atoms with E-state index in [1.807, 2.05) is 0 Å². The van der Waals surface area contributed by atoms with Crippen LogP contribution in [0.4, 0.5) is 0 Å². The van der Waals surface area contributed by atoms with E-state index >= 15 is 0 Å². The van der Waals surface area contributed by atoms with Gasteiger partial charge in [-0.05, 0) is 0 Å². The standard InChI is InChI=1S/C6H2O6.2K.2H/c7-1-2(8)4(10)6(12)5(11)3(1)9;;;;/h7-8H;;;;. The molecule has 0 amide bonds. The molecule has 0 aliphatic carbocycles. The van der Waals surface area contributed by atoms with Crippen LogP contribution < -0.4 is 21.7 Å². The molecular formula is C6H4K2O6. The van der Waals surface area contributed by atoms with E-state index in [4.69, 9.17) is 10.2 Å². The summed E-state index contributed by atoms with van der Waals surface area (Å²) in [7, 11) is 0. The number of phenols is 2. The summed E-state index contributed by atoms with van der Waals surface area (Å²) in [5.41, 5.74) is -6.38. The third-order valence-corrected chi connectivity index (χ3v) is 1.27. The molecule has 0 fully saturated rings. The maximum atomic E-state index is 10.5. The van der Waals surface area contributed by atoms with Crippen LogP contribution in [-0.2, 0) is 0 Å². The molecule has 0 saturated heterocycles. The molecule has 1 aromatic carbocycles. The third kappa shape index (κ3) is 3.14. The van der Waals surface area contributed by atoms with Crippen molar-refractivity contribution in [3.8, 4) is 11.5 Å². The molecule has 0 radical (unpaired) electrons. The number of benzene rings is 1. The number of aromatic hydroxyl groups is 2. The molecule has 8 heteroatoms. The van der Waals surface area contributed by atoms with Crippen molar-refractivity contribution in [2.75, 3.05) is 0 Å². The molecule has 0 spiro atoms. The van der Waals surface area contributed by atoms with Gasteiger partial charge in [0.15, 0.2) is 0 Å². The van der Waals surface area contributed by atoms with E-state index in [0.717, 1.165) is 0 Å². The summed E-state index contributed by atoms with van der Waals surface area (Å²) in [6, 6.07) is 0. The van der Waals surface area contributed by atoms with Gasteiger partial charge in [-0.3, -0.25) is 19.2 Å². The van der Waals surface area contributed by atoms with Crippen LogP contribution >= 0.6 is 0 Å². The van der Waals surface area contributed by atoms with Crippen LogP contribution in [0.3, 0.4) is 0 Å². The van der Waals surface area contributed by atoms with Gasteiger partial charge in [0.05, 0.1) is 0 Å². The molecule has 1 aromatic rings. The van der Waals surface area contributed by atoms with Crippen LogP contribution in [0.5, 0.6) is 11.5 Å². The molecule has 0 aliphatic heterocycles. The summed E-state index contributed by atoms with van der Waals surface area (Å²) in [4.78, 5) is 41.9. The molecule has 0 aromatic heterocycles. The predicted molar refractivity (Wildman–Crippen MR) is 51.5 cm³/mol. The molecule has 14 heavy (non-hydrogen) atoms. The van der Waals surface area contributed by atoms with E-state index in [0.29, 0.717) is 0 Å². The molecule has 0 aliphatic rings. The van der Waals surface area contributed by atoms with E-state index in [-0.39, 0.29) is 103 Å². The molecule has 0 bridgehead atoms. The Kier molecular flexibility index (Phi) is 8.57. The van der Waals surface area contributed by atoms with Crippen molar-refractivity contribution in [2.45, 2.75) is 0 Å². The van der Waals surface area contributed by atoms with Crippen molar-refractivity contribution in [1.29, 1.82) is 0 Å². The van der Waals surface area contributed by atoms with Gasteiger partial charge < -0.3 is 10.2 Å². The molecule has 2 N–H and O–H groups in total. The fraction of sp³-hybridized carbons (Fsp3) is 0. The second kappa shape index (κ2) is 6.79. The van der Waals surface area contributed by atoms with Crippen molar-refractivity contribution in [1.82, 2.24) is 0 Å². The molecule has 6 nitrogen and oxygen atoms in total. The monoisotopic (exact) mass is 250 g/mol. The average molecular weight is 250 g/mol. The Bertz CT molecular complexity index is 478.